The molecule has 0 saturated heterocycles. The molecular weight excluding hydrogens is 731 g/mol. The van der Waals surface area contributed by atoms with Crippen molar-refractivity contribution in [3.8, 4) is 56.7 Å². The smallest absolute Gasteiger partial charge is 0.164 e. The van der Waals surface area contributed by atoms with E-state index in [-0.39, 0.29) is 0 Å². The number of fused-ring (bicyclic) bond motifs is 8. The molecule has 0 aliphatic carbocycles. The van der Waals surface area contributed by atoms with Crippen LogP contribution in [0.5, 0.6) is 0 Å². The Balaban J connectivity index is 1.14. The van der Waals surface area contributed by atoms with E-state index in [4.69, 9.17) is 15.0 Å². The minimum absolute atomic E-state index is 0.614. The van der Waals surface area contributed by atoms with Crippen LogP contribution >= 0.6 is 0 Å². The Labute approximate surface area is 346 Å². The van der Waals surface area contributed by atoms with Gasteiger partial charge in [0.2, 0.25) is 0 Å². The molecule has 0 aliphatic heterocycles. The van der Waals surface area contributed by atoms with Gasteiger partial charge in [-0.2, -0.15) is 0 Å². The van der Waals surface area contributed by atoms with Crippen LogP contribution in [-0.2, 0) is 0 Å². The highest BCUT2D eigenvalue weighted by Gasteiger charge is 2.22. The second-order valence-electron chi connectivity index (χ2n) is 15.2. The Morgan fingerprint density at radius 3 is 1.60 bits per heavy atom. The molecule has 0 unspecified atom stereocenters. The van der Waals surface area contributed by atoms with E-state index >= 15 is 0 Å². The summed E-state index contributed by atoms with van der Waals surface area (Å²) in [6, 6.07) is 75.1. The van der Waals surface area contributed by atoms with Gasteiger partial charge < -0.3 is 9.13 Å². The lowest BCUT2D eigenvalue weighted by molar-refractivity contribution is 1.07. The molecule has 0 N–H and O–H groups in total. The van der Waals surface area contributed by atoms with Crippen molar-refractivity contribution in [3.63, 3.8) is 0 Å². The van der Waals surface area contributed by atoms with E-state index in [1.54, 1.807) is 0 Å². The van der Waals surface area contributed by atoms with Gasteiger partial charge in [-0.25, -0.2) is 15.0 Å². The summed E-state index contributed by atoms with van der Waals surface area (Å²) >= 11 is 0. The first kappa shape index (κ1) is 33.9. The molecule has 0 aliphatic rings. The van der Waals surface area contributed by atoms with Crippen LogP contribution in [0.1, 0.15) is 0 Å². The van der Waals surface area contributed by atoms with Crippen molar-refractivity contribution < 1.29 is 0 Å². The molecule has 3 heterocycles. The zero-order valence-electron chi connectivity index (χ0n) is 32.4. The molecule has 60 heavy (non-hydrogen) atoms. The summed E-state index contributed by atoms with van der Waals surface area (Å²) in [4.78, 5) is 15.6. The highest BCUT2D eigenvalue weighted by Crippen LogP contribution is 2.43. The number of hydrogen-bond acceptors (Lipinski definition) is 3. The summed E-state index contributed by atoms with van der Waals surface area (Å²) in [7, 11) is 0. The maximum atomic E-state index is 5.26. The predicted octanol–water partition coefficient (Wildman–Crippen LogP) is 13.9. The van der Waals surface area contributed by atoms with E-state index in [1.807, 2.05) is 24.3 Å². The number of aromatic nitrogens is 5. The largest absolute Gasteiger partial charge is 0.309 e. The molecule has 0 radical (unpaired) electrons. The first-order valence-electron chi connectivity index (χ1n) is 20.3. The van der Waals surface area contributed by atoms with Crippen LogP contribution in [-0.4, -0.2) is 24.1 Å². The molecule has 0 bridgehead atoms. The average molecular weight is 766 g/mol. The zero-order valence-corrected chi connectivity index (χ0v) is 32.4. The first-order valence-corrected chi connectivity index (χ1v) is 20.3. The summed E-state index contributed by atoms with van der Waals surface area (Å²) < 4.78 is 4.87. The van der Waals surface area contributed by atoms with E-state index in [1.165, 1.54) is 32.6 Å². The molecule has 12 rings (SSSR count). The molecule has 5 nitrogen and oxygen atoms in total. The topological polar surface area (TPSA) is 48.5 Å². The fourth-order valence-corrected chi connectivity index (χ4v) is 9.04. The van der Waals surface area contributed by atoms with Gasteiger partial charge in [0.15, 0.2) is 17.5 Å². The van der Waals surface area contributed by atoms with Crippen molar-refractivity contribution in [3.05, 3.63) is 212 Å². The Hall–Kier alpha value is -8.15. The van der Waals surface area contributed by atoms with Crippen LogP contribution in [0.3, 0.4) is 0 Å². The van der Waals surface area contributed by atoms with Crippen LogP contribution in [0.4, 0.5) is 0 Å². The molecule has 280 valence electrons. The van der Waals surface area contributed by atoms with Crippen molar-refractivity contribution in [1.82, 2.24) is 24.1 Å². The quantitative estimate of drug-likeness (QED) is 0.169. The van der Waals surface area contributed by atoms with Gasteiger partial charge in [0.05, 0.1) is 27.8 Å². The second kappa shape index (κ2) is 13.8. The van der Waals surface area contributed by atoms with Crippen molar-refractivity contribution in [2.75, 3.05) is 0 Å². The van der Waals surface area contributed by atoms with Gasteiger partial charge in [0.25, 0.3) is 0 Å². The van der Waals surface area contributed by atoms with E-state index in [0.29, 0.717) is 17.5 Å². The SMILES string of the molecule is c1ccc(-c2cccc(-c3nc(-c4ccccc4)nc(-c4cc(-n5c6ccccc6c6c5ccc5c7ccccc7n(-c7ccccc7)c56)c5ccccc5c4)n3)c2)cc1. The predicted molar refractivity (Wildman–Crippen MR) is 248 cm³/mol. The van der Waals surface area contributed by atoms with Crippen molar-refractivity contribution >= 4 is 54.4 Å². The van der Waals surface area contributed by atoms with Crippen LogP contribution in [0.2, 0.25) is 0 Å². The molecule has 12 aromatic rings. The van der Waals surface area contributed by atoms with Gasteiger partial charge in [-0.1, -0.05) is 164 Å². The van der Waals surface area contributed by atoms with Crippen LogP contribution in [0.15, 0.2) is 212 Å². The van der Waals surface area contributed by atoms with Gasteiger partial charge >= 0.3 is 0 Å². The second-order valence-corrected chi connectivity index (χ2v) is 15.2. The Morgan fingerprint density at radius 1 is 0.300 bits per heavy atom. The van der Waals surface area contributed by atoms with Gasteiger partial charge in [-0.3, -0.25) is 0 Å². The lowest BCUT2D eigenvalue weighted by atomic mass is 10.0. The summed E-state index contributed by atoms with van der Waals surface area (Å²) in [5.74, 6) is 1.87. The van der Waals surface area contributed by atoms with Crippen LogP contribution in [0.25, 0.3) is 111 Å². The van der Waals surface area contributed by atoms with E-state index < -0.39 is 0 Å². The number of benzene rings is 9. The fraction of sp³-hybridized carbons (Fsp3) is 0. The molecular formula is C55H35N5. The van der Waals surface area contributed by atoms with Crippen molar-refractivity contribution in [2.24, 2.45) is 0 Å². The summed E-state index contributed by atoms with van der Waals surface area (Å²) in [6.45, 7) is 0. The summed E-state index contributed by atoms with van der Waals surface area (Å²) in [5, 5.41) is 7.11. The molecule has 3 aromatic heterocycles. The van der Waals surface area contributed by atoms with E-state index in [0.717, 1.165) is 61.0 Å². The zero-order chi connectivity index (χ0) is 39.6. The number of para-hydroxylation sites is 3. The molecule has 0 fully saturated rings. The highest BCUT2D eigenvalue weighted by atomic mass is 15.0. The lowest BCUT2D eigenvalue weighted by Crippen LogP contribution is -2.02. The van der Waals surface area contributed by atoms with Gasteiger partial charge in [-0.05, 0) is 65.0 Å². The fourth-order valence-electron chi connectivity index (χ4n) is 9.04. The third-order valence-electron chi connectivity index (χ3n) is 11.7. The minimum atomic E-state index is 0.614. The third kappa shape index (κ3) is 5.44. The van der Waals surface area contributed by atoms with Gasteiger partial charge in [0.1, 0.15) is 0 Å². The summed E-state index contributed by atoms with van der Waals surface area (Å²) in [5.41, 5.74) is 11.9. The van der Waals surface area contributed by atoms with Crippen molar-refractivity contribution in [2.45, 2.75) is 0 Å². The van der Waals surface area contributed by atoms with Crippen LogP contribution in [0, 0.1) is 0 Å². The van der Waals surface area contributed by atoms with E-state index in [2.05, 4.69) is 197 Å². The average Bonchev–Trinajstić information content (AvgIpc) is 3.85. The summed E-state index contributed by atoms with van der Waals surface area (Å²) in [6.07, 6.45) is 0. The number of nitrogens with zero attached hydrogens (tertiary/aromatic N) is 5. The number of hydrogen-bond donors (Lipinski definition) is 0. The molecule has 9 aromatic carbocycles. The molecule has 0 amide bonds. The maximum Gasteiger partial charge on any atom is 0.164 e. The van der Waals surface area contributed by atoms with E-state index in [9.17, 15) is 0 Å². The standard InChI is InChI=1S/C55H35N5/c1-4-17-36(18-5-1)38-22-16-23-40(33-38)54-56-53(37-19-6-2-7-20-37)57-55(58-54)41-34-39-21-10-11-26-43(39)50(35-41)60-48-30-15-13-28-46(48)51-49(60)32-31-45-44-27-12-14-29-47(44)59(52(45)51)42-24-8-3-9-25-42/h1-35H. The Bertz CT molecular complexity index is 3590. The minimum Gasteiger partial charge on any atom is -0.309 e. The highest BCUT2D eigenvalue weighted by molar-refractivity contribution is 6.26. The normalized spacial score (nSPS) is 11.7. The van der Waals surface area contributed by atoms with Crippen molar-refractivity contribution in [1.29, 1.82) is 0 Å². The molecule has 0 spiro atoms. The molecule has 0 saturated carbocycles. The Morgan fingerprint density at radius 2 is 0.850 bits per heavy atom. The third-order valence-corrected chi connectivity index (χ3v) is 11.7. The van der Waals surface area contributed by atoms with Gasteiger partial charge in [-0.15, -0.1) is 0 Å². The maximum absolute atomic E-state index is 5.26. The van der Waals surface area contributed by atoms with Crippen LogP contribution < -0.4 is 0 Å². The lowest BCUT2D eigenvalue weighted by Gasteiger charge is -2.15. The Kier molecular flexibility index (Phi) is 7.78. The monoisotopic (exact) mass is 765 g/mol. The number of rotatable bonds is 6. The first-order chi connectivity index (χ1) is 29.8. The molecule has 0 atom stereocenters. The molecule has 5 heteroatoms. The van der Waals surface area contributed by atoms with Gasteiger partial charge in [0, 0.05) is 49.3 Å².